The number of carbonyl (C=O) groups excluding carboxylic acids is 2. The Morgan fingerprint density at radius 2 is 2.00 bits per heavy atom. The Labute approximate surface area is 96.1 Å². The molecule has 5 nitrogen and oxygen atoms in total. The van der Waals surface area contributed by atoms with Crippen molar-refractivity contribution in [2.45, 2.75) is 45.2 Å². The Kier molecular flexibility index (Phi) is 4.73. The third-order valence-electron chi connectivity index (χ3n) is 2.63. The molecule has 1 saturated carbocycles. The lowest BCUT2D eigenvalue weighted by molar-refractivity contribution is -0.129. The monoisotopic (exact) mass is 227 g/mol. The highest BCUT2D eigenvalue weighted by atomic mass is 16.2. The van der Waals surface area contributed by atoms with Gasteiger partial charge in [0, 0.05) is 12.5 Å². The number of rotatable bonds is 6. The van der Waals surface area contributed by atoms with E-state index in [-0.39, 0.29) is 17.7 Å². The fourth-order valence-corrected chi connectivity index (χ4v) is 1.32. The van der Waals surface area contributed by atoms with E-state index in [0.29, 0.717) is 19.0 Å². The molecule has 0 aromatic carbocycles. The van der Waals surface area contributed by atoms with Crippen LogP contribution in [0.15, 0.2) is 0 Å². The second-order valence-corrected chi connectivity index (χ2v) is 4.62. The molecule has 1 fully saturated rings. The van der Waals surface area contributed by atoms with Crippen LogP contribution in [0.2, 0.25) is 0 Å². The summed E-state index contributed by atoms with van der Waals surface area (Å²) in [4.78, 5) is 23.0. The average molecular weight is 227 g/mol. The first-order valence-electron chi connectivity index (χ1n) is 5.82. The minimum Gasteiger partial charge on any atom is -0.352 e. The summed E-state index contributed by atoms with van der Waals surface area (Å²) in [5.41, 5.74) is 5.43. The maximum absolute atomic E-state index is 11.5. The Hall–Kier alpha value is -1.10. The van der Waals surface area contributed by atoms with Crippen molar-refractivity contribution in [3.63, 3.8) is 0 Å². The SMILES string of the molecule is CC(CN)CC(=O)NC(C)C(=O)NC1CC1. The minimum atomic E-state index is -0.460. The lowest BCUT2D eigenvalue weighted by Gasteiger charge is -2.15. The van der Waals surface area contributed by atoms with E-state index in [2.05, 4.69) is 10.6 Å². The van der Waals surface area contributed by atoms with Crippen LogP contribution in [0.5, 0.6) is 0 Å². The van der Waals surface area contributed by atoms with Crippen LogP contribution in [0.3, 0.4) is 0 Å². The molecule has 0 spiro atoms. The highest BCUT2D eigenvalue weighted by molar-refractivity contribution is 5.87. The van der Waals surface area contributed by atoms with E-state index in [4.69, 9.17) is 5.73 Å². The van der Waals surface area contributed by atoms with Gasteiger partial charge in [-0.25, -0.2) is 0 Å². The number of nitrogens with one attached hydrogen (secondary N) is 2. The zero-order valence-electron chi connectivity index (χ0n) is 9.95. The standard InChI is InChI=1S/C11H21N3O2/c1-7(6-12)5-10(15)13-8(2)11(16)14-9-3-4-9/h7-9H,3-6,12H2,1-2H3,(H,13,15)(H,14,16). The molecule has 0 saturated heterocycles. The number of nitrogens with two attached hydrogens (primary N) is 1. The predicted octanol–water partition coefficient (Wildman–Crippen LogP) is -0.245. The van der Waals surface area contributed by atoms with Crippen molar-refractivity contribution in [2.24, 2.45) is 11.7 Å². The molecule has 1 aliphatic carbocycles. The molecule has 0 aromatic rings. The topological polar surface area (TPSA) is 84.2 Å². The van der Waals surface area contributed by atoms with Gasteiger partial charge in [-0.1, -0.05) is 6.92 Å². The summed E-state index contributed by atoms with van der Waals surface area (Å²) < 4.78 is 0. The molecule has 2 amide bonds. The summed E-state index contributed by atoms with van der Waals surface area (Å²) >= 11 is 0. The van der Waals surface area contributed by atoms with Crippen molar-refractivity contribution in [3.05, 3.63) is 0 Å². The molecule has 0 heterocycles. The zero-order valence-corrected chi connectivity index (χ0v) is 9.95. The van der Waals surface area contributed by atoms with Gasteiger partial charge in [0.15, 0.2) is 0 Å². The molecule has 1 aliphatic rings. The molecule has 92 valence electrons. The lowest BCUT2D eigenvalue weighted by Crippen LogP contribution is -2.45. The Bertz CT molecular complexity index is 264. The van der Waals surface area contributed by atoms with Crippen molar-refractivity contribution >= 4 is 11.8 Å². The summed E-state index contributed by atoms with van der Waals surface area (Å²) in [6, 6.07) is -0.132. The number of carbonyl (C=O) groups is 2. The summed E-state index contributed by atoms with van der Waals surface area (Å²) in [5.74, 6) is -0.0636. The van der Waals surface area contributed by atoms with Crippen LogP contribution in [-0.2, 0) is 9.59 Å². The third kappa shape index (κ3) is 4.61. The first-order valence-corrected chi connectivity index (χ1v) is 5.82. The predicted molar refractivity (Wildman–Crippen MR) is 61.6 cm³/mol. The van der Waals surface area contributed by atoms with Crippen LogP contribution in [-0.4, -0.2) is 30.4 Å². The van der Waals surface area contributed by atoms with Crippen molar-refractivity contribution in [2.75, 3.05) is 6.54 Å². The van der Waals surface area contributed by atoms with Gasteiger partial charge in [-0.05, 0) is 32.2 Å². The van der Waals surface area contributed by atoms with Crippen LogP contribution >= 0.6 is 0 Å². The minimum absolute atomic E-state index is 0.101. The zero-order chi connectivity index (χ0) is 12.1. The first-order chi connectivity index (χ1) is 7.52. The molecule has 0 aliphatic heterocycles. The van der Waals surface area contributed by atoms with Crippen molar-refractivity contribution in [1.82, 2.24) is 10.6 Å². The second-order valence-electron chi connectivity index (χ2n) is 4.62. The van der Waals surface area contributed by atoms with Crippen molar-refractivity contribution < 1.29 is 9.59 Å². The van der Waals surface area contributed by atoms with Crippen LogP contribution in [0, 0.1) is 5.92 Å². The van der Waals surface area contributed by atoms with Gasteiger partial charge < -0.3 is 16.4 Å². The van der Waals surface area contributed by atoms with E-state index in [1.54, 1.807) is 6.92 Å². The van der Waals surface area contributed by atoms with Gasteiger partial charge in [-0.2, -0.15) is 0 Å². The number of hydrogen-bond donors (Lipinski definition) is 3. The molecular formula is C11H21N3O2. The Morgan fingerprint density at radius 1 is 1.38 bits per heavy atom. The molecule has 2 atom stereocenters. The molecule has 2 unspecified atom stereocenters. The van der Waals surface area contributed by atoms with Gasteiger partial charge in [0.1, 0.15) is 6.04 Å². The van der Waals surface area contributed by atoms with Crippen LogP contribution in [0.25, 0.3) is 0 Å². The van der Waals surface area contributed by atoms with E-state index in [1.165, 1.54) is 0 Å². The summed E-state index contributed by atoms with van der Waals surface area (Å²) in [6.45, 7) is 4.09. The summed E-state index contributed by atoms with van der Waals surface area (Å²) in [5, 5.41) is 5.52. The maximum Gasteiger partial charge on any atom is 0.242 e. The van der Waals surface area contributed by atoms with Gasteiger partial charge in [0.2, 0.25) is 11.8 Å². The Balaban J connectivity index is 2.23. The quantitative estimate of drug-likeness (QED) is 0.585. The molecular weight excluding hydrogens is 206 g/mol. The van der Waals surface area contributed by atoms with Gasteiger partial charge >= 0.3 is 0 Å². The number of amides is 2. The van der Waals surface area contributed by atoms with Crippen LogP contribution < -0.4 is 16.4 Å². The van der Waals surface area contributed by atoms with E-state index < -0.39 is 6.04 Å². The molecule has 16 heavy (non-hydrogen) atoms. The van der Waals surface area contributed by atoms with Crippen LogP contribution in [0.1, 0.15) is 33.1 Å². The van der Waals surface area contributed by atoms with Gasteiger partial charge in [0.25, 0.3) is 0 Å². The molecule has 4 N–H and O–H groups in total. The van der Waals surface area contributed by atoms with Crippen molar-refractivity contribution in [3.8, 4) is 0 Å². The Morgan fingerprint density at radius 3 is 2.50 bits per heavy atom. The normalized spacial score (nSPS) is 18.7. The van der Waals surface area contributed by atoms with E-state index in [9.17, 15) is 9.59 Å². The molecule has 0 aromatic heterocycles. The van der Waals surface area contributed by atoms with Crippen molar-refractivity contribution in [1.29, 1.82) is 0 Å². The van der Waals surface area contributed by atoms with Gasteiger partial charge in [-0.15, -0.1) is 0 Å². The van der Waals surface area contributed by atoms with Gasteiger partial charge in [-0.3, -0.25) is 9.59 Å². The largest absolute Gasteiger partial charge is 0.352 e. The fourth-order valence-electron chi connectivity index (χ4n) is 1.32. The lowest BCUT2D eigenvalue weighted by atomic mass is 10.1. The van der Waals surface area contributed by atoms with E-state index in [0.717, 1.165) is 12.8 Å². The third-order valence-corrected chi connectivity index (χ3v) is 2.63. The maximum atomic E-state index is 11.5. The second kappa shape index (κ2) is 5.84. The first kappa shape index (κ1) is 13.0. The van der Waals surface area contributed by atoms with E-state index in [1.807, 2.05) is 6.92 Å². The smallest absolute Gasteiger partial charge is 0.242 e. The molecule has 5 heteroatoms. The fraction of sp³-hybridized carbons (Fsp3) is 0.818. The summed E-state index contributed by atoms with van der Waals surface area (Å²) in [6.07, 6.45) is 2.48. The van der Waals surface area contributed by atoms with Crippen LogP contribution in [0.4, 0.5) is 0 Å². The van der Waals surface area contributed by atoms with Gasteiger partial charge in [0.05, 0.1) is 0 Å². The highest BCUT2D eigenvalue weighted by Crippen LogP contribution is 2.18. The average Bonchev–Trinajstić information content (AvgIpc) is 3.01. The number of hydrogen-bond acceptors (Lipinski definition) is 3. The summed E-state index contributed by atoms with van der Waals surface area (Å²) in [7, 11) is 0. The molecule has 0 bridgehead atoms. The van der Waals surface area contributed by atoms with E-state index >= 15 is 0 Å². The molecule has 0 radical (unpaired) electrons. The molecule has 1 rings (SSSR count). The highest BCUT2D eigenvalue weighted by Gasteiger charge is 2.26.